The number of unbranched alkanes of at least 4 members (excludes halogenated alkanes) is 1. The van der Waals surface area contributed by atoms with Crippen molar-refractivity contribution in [1.82, 2.24) is 4.90 Å². The molecule has 0 bridgehead atoms. The van der Waals surface area contributed by atoms with Crippen LogP contribution < -0.4 is 0 Å². The van der Waals surface area contributed by atoms with Crippen LogP contribution >= 0.6 is 0 Å². The van der Waals surface area contributed by atoms with Crippen molar-refractivity contribution in [2.24, 2.45) is 4.99 Å². The second kappa shape index (κ2) is 8.70. The normalized spacial score (nSPS) is 11.1. The first kappa shape index (κ1) is 14.7. The van der Waals surface area contributed by atoms with Crippen LogP contribution in [0, 0.1) is 0 Å². The van der Waals surface area contributed by atoms with E-state index < -0.39 is 0 Å². The minimum absolute atomic E-state index is 0.806. The van der Waals surface area contributed by atoms with Gasteiger partial charge in [-0.2, -0.15) is 0 Å². The molecule has 3 heteroatoms. The van der Waals surface area contributed by atoms with Crippen LogP contribution in [0.1, 0.15) is 25.3 Å². The van der Waals surface area contributed by atoms with Gasteiger partial charge < -0.3 is 9.64 Å². The molecule has 0 heterocycles. The third kappa shape index (κ3) is 6.40. The van der Waals surface area contributed by atoms with Gasteiger partial charge in [-0.05, 0) is 30.5 Å². The molecule has 0 fully saturated rings. The van der Waals surface area contributed by atoms with Crippen molar-refractivity contribution >= 4 is 12.0 Å². The van der Waals surface area contributed by atoms with Gasteiger partial charge in [0.05, 0.1) is 18.6 Å². The average Bonchev–Trinajstić information content (AvgIpc) is 2.37. The minimum atomic E-state index is 0.806. The van der Waals surface area contributed by atoms with Gasteiger partial charge in [-0.3, -0.25) is 0 Å². The Morgan fingerprint density at radius 2 is 1.89 bits per heavy atom. The molecule has 3 nitrogen and oxygen atoms in total. The van der Waals surface area contributed by atoms with E-state index >= 15 is 0 Å². The Balaban J connectivity index is 2.31. The Labute approximate surface area is 110 Å². The quantitative estimate of drug-likeness (QED) is 0.401. The molecular weight excluding hydrogens is 224 g/mol. The molecule has 0 aromatic heterocycles. The molecule has 0 amide bonds. The van der Waals surface area contributed by atoms with Gasteiger partial charge in [0.2, 0.25) is 0 Å². The van der Waals surface area contributed by atoms with Gasteiger partial charge in [0.1, 0.15) is 0 Å². The third-order valence-corrected chi connectivity index (χ3v) is 2.55. The smallest absolute Gasteiger partial charge is 0.0907 e. The van der Waals surface area contributed by atoms with Crippen molar-refractivity contribution in [3.8, 4) is 0 Å². The molecule has 1 rings (SSSR count). The lowest BCUT2D eigenvalue weighted by Crippen LogP contribution is -2.06. The summed E-state index contributed by atoms with van der Waals surface area (Å²) >= 11 is 0. The van der Waals surface area contributed by atoms with E-state index in [1.165, 1.54) is 12.0 Å². The first-order chi connectivity index (χ1) is 8.72. The molecule has 1 aromatic rings. The molecule has 18 heavy (non-hydrogen) atoms. The maximum absolute atomic E-state index is 5.55. The highest BCUT2D eigenvalue weighted by molar-refractivity contribution is 5.60. The molecular formula is C15H24N2O. The molecule has 0 radical (unpaired) electrons. The van der Waals surface area contributed by atoms with E-state index in [0.29, 0.717) is 0 Å². The maximum Gasteiger partial charge on any atom is 0.0907 e. The summed E-state index contributed by atoms with van der Waals surface area (Å²) in [6.45, 7) is 3.86. The number of hydrogen-bond acceptors (Lipinski definition) is 2. The van der Waals surface area contributed by atoms with Crippen molar-refractivity contribution in [2.45, 2.75) is 26.2 Å². The van der Waals surface area contributed by atoms with E-state index in [2.05, 4.69) is 24.0 Å². The number of nitrogens with zero attached hydrogens (tertiary/aromatic N) is 2. The lowest BCUT2D eigenvalue weighted by Gasteiger charge is -2.05. The first-order valence-electron chi connectivity index (χ1n) is 6.59. The maximum atomic E-state index is 5.55. The van der Waals surface area contributed by atoms with Gasteiger partial charge in [0.15, 0.2) is 0 Å². The van der Waals surface area contributed by atoms with Crippen LogP contribution in [0.15, 0.2) is 29.3 Å². The summed E-state index contributed by atoms with van der Waals surface area (Å²) in [4.78, 5) is 6.26. The van der Waals surface area contributed by atoms with Crippen molar-refractivity contribution in [2.75, 3.05) is 27.3 Å². The minimum Gasteiger partial charge on any atom is -0.381 e. The summed E-state index contributed by atoms with van der Waals surface area (Å²) in [6.07, 6.45) is 5.13. The largest absolute Gasteiger partial charge is 0.381 e. The number of benzene rings is 1. The van der Waals surface area contributed by atoms with Gasteiger partial charge in [-0.15, -0.1) is 0 Å². The van der Waals surface area contributed by atoms with Crippen molar-refractivity contribution in [3.05, 3.63) is 29.8 Å². The molecule has 0 unspecified atom stereocenters. The van der Waals surface area contributed by atoms with Crippen LogP contribution in [-0.2, 0) is 11.2 Å². The monoisotopic (exact) mass is 248 g/mol. The fourth-order valence-electron chi connectivity index (χ4n) is 1.47. The molecule has 0 aliphatic rings. The summed E-state index contributed by atoms with van der Waals surface area (Å²) in [7, 11) is 3.93. The fourth-order valence-corrected chi connectivity index (χ4v) is 1.47. The second-order valence-electron chi connectivity index (χ2n) is 4.59. The van der Waals surface area contributed by atoms with Crippen molar-refractivity contribution in [3.63, 3.8) is 0 Å². The highest BCUT2D eigenvalue weighted by Crippen LogP contribution is 2.13. The van der Waals surface area contributed by atoms with Gasteiger partial charge >= 0.3 is 0 Å². The van der Waals surface area contributed by atoms with E-state index in [4.69, 9.17) is 4.74 Å². The third-order valence-electron chi connectivity index (χ3n) is 2.55. The Kier molecular flexibility index (Phi) is 7.11. The zero-order valence-electron chi connectivity index (χ0n) is 11.7. The van der Waals surface area contributed by atoms with Crippen LogP contribution in [0.25, 0.3) is 0 Å². The van der Waals surface area contributed by atoms with Crippen LogP contribution in [-0.4, -0.2) is 38.5 Å². The van der Waals surface area contributed by atoms with E-state index in [1.807, 2.05) is 37.5 Å². The summed E-state index contributed by atoms with van der Waals surface area (Å²) in [5.41, 5.74) is 2.29. The topological polar surface area (TPSA) is 24.8 Å². The fraction of sp³-hybridized carbons (Fsp3) is 0.533. The van der Waals surface area contributed by atoms with Crippen molar-refractivity contribution < 1.29 is 4.74 Å². The molecule has 0 aliphatic heterocycles. The van der Waals surface area contributed by atoms with Crippen LogP contribution in [0.4, 0.5) is 5.69 Å². The predicted molar refractivity (Wildman–Crippen MR) is 77.7 cm³/mol. The zero-order valence-corrected chi connectivity index (χ0v) is 11.7. The number of hydrogen-bond donors (Lipinski definition) is 0. The highest BCUT2D eigenvalue weighted by atomic mass is 16.5. The second-order valence-corrected chi connectivity index (χ2v) is 4.59. The number of rotatable bonds is 8. The molecule has 0 saturated heterocycles. The molecule has 0 N–H and O–H groups in total. The van der Waals surface area contributed by atoms with Gasteiger partial charge in [0.25, 0.3) is 0 Å². The Hall–Kier alpha value is -1.35. The SMILES string of the molecule is CCCCOCCc1ccc(N=CN(C)C)cc1. The summed E-state index contributed by atoms with van der Waals surface area (Å²) < 4.78 is 5.55. The lowest BCUT2D eigenvalue weighted by molar-refractivity contribution is 0.134. The molecule has 1 aromatic carbocycles. The summed E-state index contributed by atoms with van der Waals surface area (Å²) in [5, 5.41) is 0. The van der Waals surface area contributed by atoms with Gasteiger partial charge in [0, 0.05) is 20.7 Å². The lowest BCUT2D eigenvalue weighted by atomic mass is 10.1. The average molecular weight is 248 g/mol. The van der Waals surface area contributed by atoms with Gasteiger partial charge in [-0.1, -0.05) is 25.5 Å². The molecule has 0 saturated carbocycles. The Bertz CT molecular complexity index is 344. The van der Waals surface area contributed by atoms with E-state index in [1.54, 1.807) is 0 Å². The predicted octanol–water partition coefficient (Wildman–Crippen LogP) is 3.27. The van der Waals surface area contributed by atoms with E-state index in [-0.39, 0.29) is 0 Å². The summed E-state index contributed by atoms with van der Waals surface area (Å²) in [5.74, 6) is 0. The Morgan fingerprint density at radius 1 is 1.17 bits per heavy atom. The Morgan fingerprint density at radius 3 is 2.50 bits per heavy atom. The van der Waals surface area contributed by atoms with Crippen LogP contribution in [0.3, 0.4) is 0 Å². The highest BCUT2D eigenvalue weighted by Gasteiger charge is 1.94. The molecule has 0 aliphatic carbocycles. The van der Waals surface area contributed by atoms with Gasteiger partial charge in [-0.25, -0.2) is 4.99 Å². The van der Waals surface area contributed by atoms with Crippen LogP contribution in [0.5, 0.6) is 0 Å². The molecule has 0 spiro atoms. The number of aliphatic imine (C=N–C) groups is 1. The molecule has 100 valence electrons. The standard InChI is InChI=1S/C15H24N2O/c1-4-5-11-18-12-10-14-6-8-15(9-7-14)16-13-17(2)3/h6-9,13H,4-5,10-12H2,1-3H3. The summed E-state index contributed by atoms with van der Waals surface area (Å²) in [6, 6.07) is 8.32. The van der Waals surface area contributed by atoms with Crippen LogP contribution in [0.2, 0.25) is 0 Å². The first-order valence-corrected chi connectivity index (χ1v) is 6.59. The molecule has 0 atom stereocenters. The van der Waals surface area contributed by atoms with E-state index in [0.717, 1.165) is 31.7 Å². The number of ether oxygens (including phenoxy) is 1. The van der Waals surface area contributed by atoms with Crippen molar-refractivity contribution in [1.29, 1.82) is 0 Å². The van der Waals surface area contributed by atoms with E-state index in [9.17, 15) is 0 Å². The zero-order chi connectivity index (χ0) is 13.2.